The number of nitrogens with zero attached hydrogens (tertiary/aromatic N) is 1. The van der Waals surface area contributed by atoms with Crippen LogP contribution >= 0.6 is 0 Å². The van der Waals surface area contributed by atoms with Gasteiger partial charge in [0.2, 0.25) is 0 Å². The summed E-state index contributed by atoms with van der Waals surface area (Å²) < 4.78 is 22.3. The van der Waals surface area contributed by atoms with Gasteiger partial charge in [-0.2, -0.15) is 0 Å². The molecule has 190 valence electrons. The summed E-state index contributed by atoms with van der Waals surface area (Å²) in [7, 11) is 1.56. The predicted molar refractivity (Wildman–Crippen MR) is 137 cm³/mol. The van der Waals surface area contributed by atoms with Crippen molar-refractivity contribution >= 4 is 23.1 Å². The average molecular weight is 502 g/mol. The van der Waals surface area contributed by atoms with Gasteiger partial charge in [-0.15, -0.1) is 0 Å². The molecule has 1 atom stereocenters. The van der Waals surface area contributed by atoms with E-state index in [4.69, 9.17) is 18.9 Å². The maximum atomic E-state index is 13.4. The standard InChI is InChI=1S/C29H27NO7/c1-17(2)37-22-11-6-19(7-12-22)27(31)25-26(18-4-9-21(34-3)10-5-18)30(29(33)28(25)32)20-8-13-23-24(16-20)36-15-14-35-23/h4-13,16-17,26,31H,14-15H2,1-3H3/b27-25+. The van der Waals surface area contributed by atoms with Crippen molar-refractivity contribution in [1.29, 1.82) is 0 Å². The van der Waals surface area contributed by atoms with Gasteiger partial charge >= 0.3 is 0 Å². The van der Waals surface area contributed by atoms with E-state index in [-0.39, 0.29) is 17.4 Å². The maximum absolute atomic E-state index is 13.4. The second-order valence-corrected chi connectivity index (χ2v) is 8.96. The molecule has 2 heterocycles. The molecular weight excluding hydrogens is 474 g/mol. The fourth-order valence-corrected chi connectivity index (χ4v) is 4.50. The molecule has 0 spiro atoms. The van der Waals surface area contributed by atoms with Gasteiger partial charge in [-0.1, -0.05) is 12.1 Å². The first-order valence-corrected chi connectivity index (χ1v) is 12.0. The van der Waals surface area contributed by atoms with E-state index in [1.54, 1.807) is 73.8 Å². The van der Waals surface area contributed by atoms with Crippen molar-refractivity contribution in [2.45, 2.75) is 26.0 Å². The Bertz CT molecular complexity index is 1360. The van der Waals surface area contributed by atoms with Crippen LogP contribution in [-0.4, -0.2) is 43.2 Å². The summed E-state index contributed by atoms with van der Waals surface area (Å²) in [5, 5.41) is 11.3. The van der Waals surface area contributed by atoms with E-state index in [2.05, 4.69) is 0 Å². The summed E-state index contributed by atoms with van der Waals surface area (Å²) in [5.74, 6) is 0.511. The molecule has 2 aliphatic rings. The van der Waals surface area contributed by atoms with Crippen LogP contribution < -0.4 is 23.8 Å². The normalized spacial score (nSPS) is 18.3. The predicted octanol–water partition coefficient (Wildman–Crippen LogP) is 4.88. The Morgan fingerprint density at radius 1 is 0.919 bits per heavy atom. The number of benzene rings is 3. The molecule has 1 unspecified atom stereocenters. The van der Waals surface area contributed by atoms with Gasteiger partial charge in [0.25, 0.3) is 11.7 Å². The third-order valence-corrected chi connectivity index (χ3v) is 6.18. The number of ketones is 1. The second kappa shape index (κ2) is 9.89. The lowest BCUT2D eigenvalue weighted by Gasteiger charge is -2.27. The van der Waals surface area contributed by atoms with Crippen LogP contribution in [0.1, 0.15) is 31.0 Å². The molecule has 0 radical (unpaired) electrons. The Morgan fingerprint density at radius 2 is 1.57 bits per heavy atom. The van der Waals surface area contributed by atoms with Crippen LogP contribution in [0.3, 0.4) is 0 Å². The van der Waals surface area contributed by atoms with Gasteiger partial charge in [-0.25, -0.2) is 0 Å². The van der Waals surface area contributed by atoms with Crippen LogP contribution in [0, 0.1) is 0 Å². The molecule has 3 aromatic rings. The number of fused-ring (bicyclic) bond motifs is 1. The van der Waals surface area contributed by atoms with Crippen molar-refractivity contribution in [2.24, 2.45) is 0 Å². The maximum Gasteiger partial charge on any atom is 0.300 e. The van der Waals surface area contributed by atoms with Crippen molar-refractivity contribution in [1.82, 2.24) is 0 Å². The number of carbonyl (C=O) groups is 2. The Hall–Kier alpha value is -4.46. The Labute approximate surface area is 214 Å². The zero-order valence-corrected chi connectivity index (χ0v) is 20.8. The van der Waals surface area contributed by atoms with E-state index in [0.29, 0.717) is 53.0 Å². The molecule has 3 aromatic carbocycles. The lowest BCUT2D eigenvalue weighted by molar-refractivity contribution is -0.132. The van der Waals surface area contributed by atoms with Crippen LogP contribution in [0.4, 0.5) is 5.69 Å². The molecule has 37 heavy (non-hydrogen) atoms. The summed E-state index contributed by atoms with van der Waals surface area (Å²) in [6.07, 6.45) is -0.00848. The Balaban J connectivity index is 1.63. The number of amides is 1. The van der Waals surface area contributed by atoms with Crippen molar-refractivity contribution in [3.63, 3.8) is 0 Å². The number of carbonyl (C=O) groups excluding carboxylic acids is 2. The molecular formula is C29H27NO7. The third-order valence-electron chi connectivity index (χ3n) is 6.18. The summed E-state index contributed by atoms with van der Waals surface area (Å²) in [5.41, 5.74) is 1.47. The molecule has 1 N–H and O–H groups in total. The largest absolute Gasteiger partial charge is 0.507 e. The number of hydrogen-bond acceptors (Lipinski definition) is 7. The molecule has 5 rings (SSSR count). The lowest BCUT2D eigenvalue weighted by atomic mass is 9.95. The number of hydrogen-bond donors (Lipinski definition) is 1. The van der Waals surface area contributed by atoms with E-state index < -0.39 is 17.7 Å². The van der Waals surface area contributed by atoms with Crippen LogP contribution in [0.15, 0.2) is 72.3 Å². The third kappa shape index (κ3) is 4.58. The van der Waals surface area contributed by atoms with Crippen molar-refractivity contribution in [3.8, 4) is 23.0 Å². The van der Waals surface area contributed by atoms with Crippen LogP contribution in [0.25, 0.3) is 5.76 Å². The number of aliphatic hydroxyl groups is 1. The SMILES string of the molecule is COc1ccc(C2/C(=C(\O)c3ccc(OC(C)C)cc3)C(=O)C(=O)N2c2ccc3c(c2)OCCO3)cc1. The molecule has 8 heteroatoms. The first-order chi connectivity index (χ1) is 17.9. The van der Waals surface area contributed by atoms with Gasteiger partial charge in [-0.3, -0.25) is 14.5 Å². The second-order valence-electron chi connectivity index (χ2n) is 8.96. The molecule has 0 aromatic heterocycles. The summed E-state index contributed by atoms with van der Waals surface area (Å²) >= 11 is 0. The minimum atomic E-state index is -0.875. The molecule has 0 saturated carbocycles. The van der Waals surface area contributed by atoms with Gasteiger partial charge in [0.05, 0.1) is 24.8 Å². The van der Waals surface area contributed by atoms with Gasteiger partial charge in [0.15, 0.2) is 11.5 Å². The van der Waals surface area contributed by atoms with Gasteiger partial charge in [0.1, 0.15) is 30.5 Å². The fraction of sp³-hybridized carbons (Fsp3) is 0.241. The van der Waals surface area contributed by atoms with Crippen molar-refractivity contribution < 1.29 is 33.6 Å². The van der Waals surface area contributed by atoms with E-state index in [1.807, 2.05) is 13.8 Å². The van der Waals surface area contributed by atoms with Crippen LogP contribution in [-0.2, 0) is 9.59 Å². The van der Waals surface area contributed by atoms with Crippen molar-refractivity contribution in [2.75, 3.05) is 25.2 Å². The number of ether oxygens (including phenoxy) is 4. The number of methoxy groups -OCH3 is 1. The Morgan fingerprint density at radius 3 is 2.22 bits per heavy atom. The molecule has 1 amide bonds. The van der Waals surface area contributed by atoms with Crippen LogP contribution in [0.2, 0.25) is 0 Å². The summed E-state index contributed by atoms with van der Waals surface area (Å²) in [6.45, 7) is 4.65. The van der Waals surface area contributed by atoms with E-state index in [1.165, 1.54) is 4.90 Å². The summed E-state index contributed by atoms with van der Waals surface area (Å²) in [6, 6.07) is 18.0. The number of rotatable bonds is 6. The first-order valence-electron chi connectivity index (χ1n) is 12.0. The highest BCUT2D eigenvalue weighted by molar-refractivity contribution is 6.51. The number of anilines is 1. The molecule has 8 nitrogen and oxygen atoms in total. The highest BCUT2D eigenvalue weighted by Gasteiger charge is 2.47. The zero-order chi connectivity index (χ0) is 26.1. The van der Waals surface area contributed by atoms with E-state index in [0.717, 1.165) is 0 Å². The lowest BCUT2D eigenvalue weighted by Crippen LogP contribution is -2.29. The molecule has 0 aliphatic carbocycles. The van der Waals surface area contributed by atoms with Gasteiger partial charge in [0, 0.05) is 17.3 Å². The van der Waals surface area contributed by atoms with Gasteiger partial charge in [-0.05, 0) is 67.9 Å². The molecule has 2 aliphatic heterocycles. The minimum Gasteiger partial charge on any atom is -0.507 e. The van der Waals surface area contributed by atoms with Crippen molar-refractivity contribution in [3.05, 3.63) is 83.4 Å². The molecule has 0 bridgehead atoms. The minimum absolute atomic E-state index is 0.00848. The highest BCUT2D eigenvalue weighted by atomic mass is 16.6. The molecule has 1 saturated heterocycles. The number of Topliss-reactive ketones (excluding diaryl/α,β-unsaturated/α-hetero) is 1. The fourth-order valence-electron chi connectivity index (χ4n) is 4.50. The van der Waals surface area contributed by atoms with Gasteiger partial charge < -0.3 is 24.1 Å². The summed E-state index contributed by atoms with van der Waals surface area (Å²) in [4.78, 5) is 28.2. The smallest absolute Gasteiger partial charge is 0.300 e. The highest BCUT2D eigenvalue weighted by Crippen LogP contribution is 2.44. The zero-order valence-electron chi connectivity index (χ0n) is 20.8. The number of aliphatic hydroxyl groups excluding tert-OH is 1. The van der Waals surface area contributed by atoms with E-state index in [9.17, 15) is 14.7 Å². The van der Waals surface area contributed by atoms with Crippen LogP contribution in [0.5, 0.6) is 23.0 Å². The quantitative estimate of drug-likeness (QED) is 0.292. The first kappa shape index (κ1) is 24.2. The average Bonchev–Trinajstić information content (AvgIpc) is 3.18. The topological polar surface area (TPSA) is 94.5 Å². The Kier molecular flexibility index (Phi) is 6.48. The van der Waals surface area contributed by atoms with E-state index >= 15 is 0 Å². The molecule has 1 fully saturated rings. The monoisotopic (exact) mass is 501 g/mol.